The van der Waals surface area contributed by atoms with Crippen molar-refractivity contribution in [2.75, 3.05) is 0 Å². The minimum absolute atomic E-state index is 0.107. The minimum Gasteiger partial charge on any atom is -0.198 e. The molecule has 0 spiro atoms. The van der Waals surface area contributed by atoms with Crippen LogP contribution in [0.1, 0.15) is 44.2 Å². The summed E-state index contributed by atoms with van der Waals surface area (Å²) in [5, 5.41) is 9.56. The lowest BCUT2D eigenvalue weighted by atomic mass is 9.68. The van der Waals surface area contributed by atoms with Crippen LogP contribution in [0, 0.1) is 22.7 Å². The molecule has 0 saturated heterocycles. The second-order valence-corrected chi connectivity index (χ2v) is 5.56. The van der Waals surface area contributed by atoms with Gasteiger partial charge < -0.3 is 0 Å². The van der Waals surface area contributed by atoms with E-state index in [1.165, 1.54) is 17.5 Å². The molecule has 0 N–H and O–H groups in total. The summed E-state index contributed by atoms with van der Waals surface area (Å²) < 4.78 is 0. The second kappa shape index (κ2) is 4.92. The summed E-state index contributed by atoms with van der Waals surface area (Å²) in [6, 6.07) is 11.2. The first-order valence-corrected chi connectivity index (χ1v) is 6.67. The molecule has 0 bridgehead atoms. The molecule has 0 amide bonds. The van der Waals surface area contributed by atoms with Gasteiger partial charge in [0.2, 0.25) is 0 Å². The van der Waals surface area contributed by atoms with Crippen LogP contribution in [0.2, 0.25) is 0 Å². The van der Waals surface area contributed by atoms with Crippen molar-refractivity contribution in [2.24, 2.45) is 11.3 Å². The third kappa shape index (κ3) is 2.52. The minimum atomic E-state index is -0.107. The maximum Gasteiger partial charge on any atom is 0.0693 e. The largest absolute Gasteiger partial charge is 0.198 e. The van der Waals surface area contributed by atoms with Gasteiger partial charge in [0.05, 0.1) is 11.5 Å². The van der Waals surface area contributed by atoms with Gasteiger partial charge in [-0.05, 0) is 42.7 Å². The molecular formula is C16H21N. The Labute approximate surface area is 104 Å². The summed E-state index contributed by atoms with van der Waals surface area (Å²) in [7, 11) is 0. The first kappa shape index (κ1) is 12.2. The Morgan fingerprint density at radius 1 is 1.35 bits per heavy atom. The van der Waals surface area contributed by atoms with Gasteiger partial charge in [-0.1, -0.05) is 44.5 Å². The summed E-state index contributed by atoms with van der Waals surface area (Å²) in [6.45, 7) is 4.48. The van der Waals surface area contributed by atoms with E-state index in [1.807, 2.05) is 0 Å². The molecule has 17 heavy (non-hydrogen) atoms. The average Bonchev–Trinajstić information content (AvgIpc) is 2.38. The molecule has 1 nitrogen and oxygen atoms in total. The maximum atomic E-state index is 9.56. The topological polar surface area (TPSA) is 23.8 Å². The van der Waals surface area contributed by atoms with Gasteiger partial charge in [0, 0.05) is 0 Å². The highest BCUT2D eigenvalue weighted by molar-refractivity contribution is 5.32. The molecule has 2 atom stereocenters. The van der Waals surface area contributed by atoms with Crippen LogP contribution >= 0.6 is 0 Å². The van der Waals surface area contributed by atoms with Gasteiger partial charge in [-0.3, -0.25) is 0 Å². The molecule has 2 rings (SSSR count). The third-order valence-electron chi connectivity index (χ3n) is 4.19. The molecule has 1 aliphatic carbocycles. The van der Waals surface area contributed by atoms with E-state index in [2.05, 4.69) is 44.2 Å². The van der Waals surface area contributed by atoms with Crippen LogP contribution in [0.15, 0.2) is 24.3 Å². The van der Waals surface area contributed by atoms with Crippen molar-refractivity contribution in [3.8, 4) is 6.07 Å². The van der Waals surface area contributed by atoms with Crippen LogP contribution in [0.25, 0.3) is 0 Å². The van der Waals surface area contributed by atoms with Crippen molar-refractivity contribution < 1.29 is 0 Å². The monoisotopic (exact) mass is 227 g/mol. The number of nitrogens with zero attached hydrogens (tertiary/aromatic N) is 1. The van der Waals surface area contributed by atoms with Gasteiger partial charge in [-0.25, -0.2) is 0 Å². The lowest BCUT2D eigenvalue weighted by Crippen LogP contribution is -2.29. The van der Waals surface area contributed by atoms with E-state index in [4.69, 9.17) is 0 Å². The molecule has 90 valence electrons. The van der Waals surface area contributed by atoms with E-state index in [0.29, 0.717) is 5.92 Å². The van der Waals surface area contributed by atoms with Crippen LogP contribution < -0.4 is 0 Å². The van der Waals surface area contributed by atoms with Crippen LogP contribution in [-0.2, 0) is 12.8 Å². The number of hydrogen-bond acceptors (Lipinski definition) is 1. The SMILES string of the molecule is CCC(C)CC1(C#N)CCc2ccccc2C1. The highest BCUT2D eigenvalue weighted by atomic mass is 14.4. The Morgan fingerprint density at radius 2 is 2.06 bits per heavy atom. The third-order valence-corrected chi connectivity index (χ3v) is 4.19. The molecule has 1 aromatic rings. The average molecular weight is 227 g/mol. The smallest absolute Gasteiger partial charge is 0.0693 e. The van der Waals surface area contributed by atoms with Gasteiger partial charge in [0.25, 0.3) is 0 Å². The van der Waals surface area contributed by atoms with Gasteiger partial charge in [0.15, 0.2) is 0 Å². The number of hydrogen-bond donors (Lipinski definition) is 0. The summed E-state index contributed by atoms with van der Waals surface area (Å²) in [4.78, 5) is 0. The van der Waals surface area contributed by atoms with Crippen molar-refractivity contribution in [3.63, 3.8) is 0 Å². The normalized spacial score (nSPS) is 24.8. The lowest BCUT2D eigenvalue weighted by Gasteiger charge is -2.34. The summed E-state index contributed by atoms with van der Waals surface area (Å²) in [6.07, 6.45) is 5.27. The summed E-state index contributed by atoms with van der Waals surface area (Å²) in [5.74, 6) is 0.653. The Bertz CT molecular complexity index is 429. The van der Waals surface area contributed by atoms with Crippen LogP contribution in [-0.4, -0.2) is 0 Å². The van der Waals surface area contributed by atoms with Crippen LogP contribution in [0.5, 0.6) is 0 Å². The van der Waals surface area contributed by atoms with Crippen molar-refractivity contribution in [2.45, 2.75) is 46.0 Å². The molecule has 1 heteroatoms. The quantitative estimate of drug-likeness (QED) is 0.762. The molecule has 0 heterocycles. The van der Waals surface area contributed by atoms with E-state index >= 15 is 0 Å². The first-order chi connectivity index (χ1) is 8.19. The van der Waals surface area contributed by atoms with E-state index < -0.39 is 0 Å². The molecule has 1 aromatic carbocycles. The van der Waals surface area contributed by atoms with E-state index in [-0.39, 0.29) is 5.41 Å². The van der Waals surface area contributed by atoms with Gasteiger partial charge in [-0.15, -0.1) is 0 Å². The Morgan fingerprint density at radius 3 is 2.71 bits per heavy atom. The zero-order chi connectivity index (χ0) is 12.3. The van der Waals surface area contributed by atoms with E-state index in [9.17, 15) is 5.26 Å². The fraction of sp³-hybridized carbons (Fsp3) is 0.562. The first-order valence-electron chi connectivity index (χ1n) is 6.67. The van der Waals surface area contributed by atoms with Gasteiger partial charge in [0.1, 0.15) is 0 Å². The summed E-state index contributed by atoms with van der Waals surface area (Å²) in [5.41, 5.74) is 2.73. The van der Waals surface area contributed by atoms with Crippen molar-refractivity contribution in [1.29, 1.82) is 5.26 Å². The number of fused-ring (bicyclic) bond motifs is 1. The Hall–Kier alpha value is -1.29. The number of aryl methyl sites for hydroxylation is 1. The summed E-state index contributed by atoms with van der Waals surface area (Å²) >= 11 is 0. The van der Waals surface area contributed by atoms with E-state index in [1.54, 1.807) is 0 Å². The second-order valence-electron chi connectivity index (χ2n) is 5.56. The predicted octanol–water partition coefficient (Wildman–Crippen LogP) is 4.12. The zero-order valence-electron chi connectivity index (χ0n) is 10.9. The molecule has 0 aliphatic heterocycles. The molecule has 0 radical (unpaired) electrons. The lowest BCUT2D eigenvalue weighted by molar-refractivity contribution is 0.262. The maximum absolute atomic E-state index is 9.56. The van der Waals surface area contributed by atoms with Crippen molar-refractivity contribution in [3.05, 3.63) is 35.4 Å². The molecular weight excluding hydrogens is 206 g/mol. The Balaban J connectivity index is 2.21. The van der Waals surface area contributed by atoms with Crippen LogP contribution in [0.3, 0.4) is 0 Å². The number of benzene rings is 1. The number of rotatable bonds is 3. The van der Waals surface area contributed by atoms with Gasteiger partial charge >= 0.3 is 0 Å². The molecule has 1 aliphatic rings. The number of nitriles is 1. The fourth-order valence-electron chi connectivity index (χ4n) is 2.93. The fourth-order valence-corrected chi connectivity index (χ4v) is 2.93. The highest BCUT2D eigenvalue weighted by Crippen LogP contribution is 2.40. The van der Waals surface area contributed by atoms with E-state index in [0.717, 1.165) is 25.7 Å². The highest BCUT2D eigenvalue weighted by Gasteiger charge is 2.35. The standard InChI is InChI=1S/C16H21N/c1-3-13(2)10-16(12-17)9-8-14-6-4-5-7-15(14)11-16/h4-7,13H,3,8-11H2,1-2H3. The van der Waals surface area contributed by atoms with Gasteiger partial charge in [-0.2, -0.15) is 5.26 Å². The predicted molar refractivity (Wildman–Crippen MR) is 70.6 cm³/mol. The Kier molecular flexibility index (Phi) is 3.52. The molecule has 0 saturated carbocycles. The molecule has 0 aromatic heterocycles. The molecule has 0 fully saturated rings. The zero-order valence-corrected chi connectivity index (χ0v) is 10.9. The van der Waals surface area contributed by atoms with Crippen molar-refractivity contribution in [1.82, 2.24) is 0 Å². The molecule has 2 unspecified atom stereocenters. The van der Waals surface area contributed by atoms with Crippen LogP contribution in [0.4, 0.5) is 0 Å². The van der Waals surface area contributed by atoms with Crippen molar-refractivity contribution >= 4 is 0 Å².